The zero-order valence-corrected chi connectivity index (χ0v) is 12.1. The van der Waals surface area contributed by atoms with Crippen molar-refractivity contribution in [2.75, 3.05) is 11.6 Å². The fourth-order valence-electron chi connectivity index (χ4n) is 1.55. The van der Waals surface area contributed by atoms with E-state index in [0.717, 1.165) is 11.1 Å². The summed E-state index contributed by atoms with van der Waals surface area (Å²) in [5.41, 5.74) is 0.471. The zero-order chi connectivity index (χ0) is 14.0. The third-order valence-corrected chi connectivity index (χ3v) is 4.59. The molecule has 0 unspecified atom stereocenters. The number of sulfone groups is 1. The molecule has 0 spiro atoms. The summed E-state index contributed by atoms with van der Waals surface area (Å²) in [6.45, 7) is 1.92. The molecule has 0 saturated heterocycles. The van der Waals surface area contributed by atoms with Gasteiger partial charge in [0, 0.05) is 16.8 Å². The fraction of sp³-hybridized carbons (Fsp3) is 0.154. The second kappa shape index (κ2) is 5.14. The maximum Gasteiger partial charge on any atom is 0.265 e. The minimum Gasteiger partial charge on any atom is -0.321 e. The quantitative estimate of drug-likeness (QED) is 0.947. The molecular weight excluding hydrogens is 282 g/mol. The number of carbonyl (C=O) groups excluding carboxylic acids is 1. The molecule has 1 aromatic heterocycles. The molecular formula is C13H13NO3S2. The molecule has 0 radical (unpaired) electrons. The fourth-order valence-corrected chi connectivity index (χ4v) is 2.98. The van der Waals surface area contributed by atoms with E-state index in [1.54, 1.807) is 18.2 Å². The van der Waals surface area contributed by atoms with Gasteiger partial charge in [-0.3, -0.25) is 4.79 Å². The van der Waals surface area contributed by atoms with Crippen molar-refractivity contribution < 1.29 is 13.2 Å². The Balaban J connectivity index is 2.22. The Kier molecular flexibility index (Phi) is 3.73. The Morgan fingerprint density at radius 2 is 1.95 bits per heavy atom. The largest absolute Gasteiger partial charge is 0.321 e. The Morgan fingerprint density at radius 1 is 1.21 bits per heavy atom. The Bertz CT molecular complexity index is 717. The lowest BCUT2D eigenvalue weighted by Gasteiger charge is -2.05. The topological polar surface area (TPSA) is 63.2 Å². The minimum absolute atomic E-state index is 0.188. The first-order valence-electron chi connectivity index (χ1n) is 5.54. The Hall–Kier alpha value is -1.66. The van der Waals surface area contributed by atoms with Gasteiger partial charge in [-0.25, -0.2) is 8.42 Å². The number of aryl methyl sites for hydroxylation is 1. The summed E-state index contributed by atoms with van der Waals surface area (Å²) >= 11 is 1.39. The van der Waals surface area contributed by atoms with Crippen molar-refractivity contribution in [3.8, 4) is 0 Å². The van der Waals surface area contributed by atoms with Crippen LogP contribution in [0.15, 0.2) is 41.3 Å². The molecule has 0 saturated carbocycles. The van der Waals surface area contributed by atoms with Gasteiger partial charge in [-0.05, 0) is 37.3 Å². The van der Waals surface area contributed by atoms with Gasteiger partial charge in [-0.1, -0.05) is 6.07 Å². The molecule has 0 aliphatic rings. The van der Waals surface area contributed by atoms with Gasteiger partial charge in [0.05, 0.1) is 9.77 Å². The van der Waals surface area contributed by atoms with Gasteiger partial charge >= 0.3 is 0 Å². The van der Waals surface area contributed by atoms with Crippen molar-refractivity contribution in [3.63, 3.8) is 0 Å². The van der Waals surface area contributed by atoms with Crippen molar-refractivity contribution in [1.82, 2.24) is 0 Å². The van der Waals surface area contributed by atoms with Gasteiger partial charge in [0.25, 0.3) is 5.91 Å². The van der Waals surface area contributed by atoms with Gasteiger partial charge in [0.15, 0.2) is 9.84 Å². The van der Waals surface area contributed by atoms with Gasteiger partial charge in [-0.2, -0.15) is 0 Å². The average molecular weight is 295 g/mol. The molecule has 0 fully saturated rings. The molecule has 1 heterocycles. The van der Waals surface area contributed by atoms with E-state index in [9.17, 15) is 13.2 Å². The highest BCUT2D eigenvalue weighted by Crippen LogP contribution is 2.19. The van der Waals surface area contributed by atoms with Gasteiger partial charge < -0.3 is 5.32 Å². The third kappa shape index (κ3) is 3.42. The number of thiophene rings is 1. The predicted molar refractivity (Wildman–Crippen MR) is 76.6 cm³/mol. The lowest BCUT2D eigenvalue weighted by molar-refractivity contribution is 0.103. The first-order chi connectivity index (χ1) is 8.86. The van der Waals surface area contributed by atoms with E-state index in [0.29, 0.717) is 10.6 Å². The van der Waals surface area contributed by atoms with Crippen LogP contribution in [0.2, 0.25) is 0 Å². The van der Waals surface area contributed by atoms with E-state index in [2.05, 4.69) is 5.32 Å². The maximum absolute atomic E-state index is 11.9. The van der Waals surface area contributed by atoms with E-state index in [4.69, 9.17) is 0 Å². The molecule has 2 aromatic rings. The summed E-state index contributed by atoms with van der Waals surface area (Å²) in [5.74, 6) is -0.233. The summed E-state index contributed by atoms with van der Waals surface area (Å²) in [7, 11) is -3.27. The molecule has 6 heteroatoms. The highest BCUT2D eigenvalue weighted by molar-refractivity contribution is 7.90. The lowest BCUT2D eigenvalue weighted by atomic mass is 10.3. The maximum atomic E-state index is 11.9. The number of benzene rings is 1. The third-order valence-electron chi connectivity index (χ3n) is 2.48. The molecule has 2 rings (SSSR count). The van der Waals surface area contributed by atoms with E-state index in [1.807, 2.05) is 13.0 Å². The van der Waals surface area contributed by atoms with Crippen LogP contribution in [0.4, 0.5) is 5.69 Å². The summed E-state index contributed by atoms with van der Waals surface area (Å²) in [5, 5.41) is 2.69. The van der Waals surface area contributed by atoms with Gasteiger partial charge in [-0.15, -0.1) is 11.3 Å². The predicted octanol–water partition coefficient (Wildman–Crippen LogP) is 2.71. The number of rotatable bonds is 3. The van der Waals surface area contributed by atoms with E-state index in [1.165, 1.54) is 23.5 Å². The molecule has 1 aromatic carbocycles. The summed E-state index contributed by atoms with van der Waals surface area (Å²) in [6, 6.07) is 9.83. The number of nitrogens with one attached hydrogen (secondary N) is 1. The van der Waals surface area contributed by atoms with Crippen LogP contribution in [-0.2, 0) is 9.84 Å². The molecule has 1 N–H and O–H groups in total. The van der Waals surface area contributed by atoms with Crippen molar-refractivity contribution in [2.45, 2.75) is 11.8 Å². The first-order valence-corrected chi connectivity index (χ1v) is 8.25. The average Bonchev–Trinajstić information content (AvgIpc) is 2.75. The van der Waals surface area contributed by atoms with E-state index < -0.39 is 9.84 Å². The molecule has 0 bridgehead atoms. The van der Waals surface area contributed by atoms with Crippen LogP contribution in [0, 0.1) is 6.92 Å². The minimum atomic E-state index is -3.27. The van der Waals surface area contributed by atoms with Crippen LogP contribution in [0.3, 0.4) is 0 Å². The second-order valence-corrected chi connectivity index (χ2v) is 7.47. The van der Waals surface area contributed by atoms with Crippen molar-refractivity contribution in [1.29, 1.82) is 0 Å². The highest BCUT2D eigenvalue weighted by atomic mass is 32.2. The Morgan fingerprint density at radius 3 is 2.53 bits per heavy atom. The van der Waals surface area contributed by atoms with Crippen LogP contribution >= 0.6 is 11.3 Å². The van der Waals surface area contributed by atoms with Gasteiger partial charge in [0.2, 0.25) is 0 Å². The molecule has 1 amide bonds. The normalized spacial score (nSPS) is 11.3. The first kappa shape index (κ1) is 13.8. The lowest BCUT2D eigenvalue weighted by Crippen LogP contribution is -2.10. The van der Waals surface area contributed by atoms with Crippen LogP contribution in [0.25, 0.3) is 0 Å². The van der Waals surface area contributed by atoms with Crippen molar-refractivity contribution in [2.24, 2.45) is 0 Å². The van der Waals surface area contributed by atoms with Crippen LogP contribution in [-0.4, -0.2) is 20.6 Å². The number of hydrogen-bond acceptors (Lipinski definition) is 4. The molecule has 0 aliphatic heterocycles. The van der Waals surface area contributed by atoms with Crippen molar-refractivity contribution in [3.05, 3.63) is 46.2 Å². The molecule has 0 aliphatic carbocycles. The summed E-state index contributed by atoms with van der Waals surface area (Å²) < 4.78 is 22.9. The zero-order valence-electron chi connectivity index (χ0n) is 10.5. The summed E-state index contributed by atoms with van der Waals surface area (Å²) in [4.78, 5) is 13.8. The number of carbonyl (C=O) groups is 1. The molecule has 19 heavy (non-hydrogen) atoms. The van der Waals surface area contributed by atoms with Gasteiger partial charge in [0.1, 0.15) is 0 Å². The van der Waals surface area contributed by atoms with E-state index in [-0.39, 0.29) is 10.8 Å². The smallest absolute Gasteiger partial charge is 0.265 e. The molecule has 4 nitrogen and oxygen atoms in total. The van der Waals surface area contributed by atoms with Crippen LogP contribution in [0.1, 0.15) is 14.5 Å². The van der Waals surface area contributed by atoms with Crippen LogP contribution in [0.5, 0.6) is 0 Å². The number of hydrogen-bond donors (Lipinski definition) is 1. The monoisotopic (exact) mass is 295 g/mol. The standard InChI is InChI=1S/C13H13NO3S2/c1-9-6-7-12(18-9)13(15)14-10-4-3-5-11(8-10)19(2,16)17/h3-8H,1-2H3,(H,14,15). The SMILES string of the molecule is Cc1ccc(C(=O)Nc2cccc(S(C)(=O)=O)c2)s1. The molecule has 0 atom stereocenters. The number of anilines is 1. The van der Waals surface area contributed by atoms with Crippen LogP contribution < -0.4 is 5.32 Å². The van der Waals surface area contributed by atoms with E-state index >= 15 is 0 Å². The molecule has 100 valence electrons. The number of amides is 1. The Labute approximate surface area is 116 Å². The summed E-state index contributed by atoms with van der Waals surface area (Å²) in [6.07, 6.45) is 1.14. The second-order valence-electron chi connectivity index (χ2n) is 4.16. The highest BCUT2D eigenvalue weighted by Gasteiger charge is 2.11. The van der Waals surface area contributed by atoms with Crippen molar-refractivity contribution >= 4 is 32.8 Å².